The molecule has 2 heteroatoms. The third kappa shape index (κ3) is 2.29. The van der Waals surface area contributed by atoms with Gasteiger partial charge in [0.2, 0.25) is 0 Å². The van der Waals surface area contributed by atoms with Crippen molar-refractivity contribution in [3.8, 4) is 0 Å². The van der Waals surface area contributed by atoms with E-state index in [2.05, 4.69) is 0 Å². The van der Waals surface area contributed by atoms with Crippen molar-refractivity contribution >= 4 is 0 Å². The summed E-state index contributed by atoms with van der Waals surface area (Å²) in [6.07, 6.45) is 11.6. The van der Waals surface area contributed by atoms with Crippen LogP contribution in [0, 0.1) is 0 Å². The standard InChI is InChI=1S/C12H22O2/c13-10-11-6-9-12(14-11)7-4-2-1-3-5-8-12/h11,13H,1-10H2. The summed E-state index contributed by atoms with van der Waals surface area (Å²) < 4.78 is 6.02. The third-order valence-electron chi connectivity index (χ3n) is 3.81. The highest BCUT2D eigenvalue weighted by Gasteiger charge is 2.39. The van der Waals surface area contributed by atoms with E-state index in [-0.39, 0.29) is 18.3 Å². The molecule has 82 valence electrons. The van der Waals surface area contributed by atoms with Gasteiger partial charge in [-0.2, -0.15) is 0 Å². The maximum atomic E-state index is 9.08. The fourth-order valence-corrected chi connectivity index (χ4v) is 2.94. The highest BCUT2D eigenvalue weighted by atomic mass is 16.5. The van der Waals surface area contributed by atoms with Gasteiger partial charge in [-0.25, -0.2) is 0 Å². The van der Waals surface area contributed by atoms with Crippen molar-refractivity contribution in [2.24, 2.45) is 0 Å². The molecule has 0 aromatic carbocycles. The fourth-order valence-electron chi connectivity index (χ4n) is 2.94. The zero-order chi connectivity index (χ0) is 9.86. The van der Waals surface area contributed by atoms with E-state index in [1.807, 2.05) is 0 Å². The number of rotatable bonds is 1. The predicted octanol–water partition coefficient (Wildman–Crippen LogP) is 2.64. The maximum absolute atomic E-state index is 9.08. The minimum Gasteiger partial charge on any atom is -0.394 e. The monoisotopic (exact) mass is 198 g/mol. The molecular weight excluding hydrogens is 176 g/mol. The van der Waals surface area contributed by atoms with Crippen LogP contribution in [0.2, 0.25) is 0 Å². The highest BCUT2D eigenvalue weighted by Crippen LogP contribution is 2.40. The average Bonchev–Trinajstić information content (AvgIpc) is 2.57. The zero-order valence-corrected chi connectivity index (χ0v) is 9.00. The number of hydrogen-bond donors (Lipinski definition) is 1. The maximum Gasteiger partial charge on any atom is 0.0814 e. The zero-order valence-electron chi connectivity index (χ0n) is 9.00. The molecule has 1 aliphatic heterocycles. The van der Waals surface area contributed by atoms with E-state index in [9.17, 15) is 0 Å². The van der Waals surface area contributed by atoms with Crippen LogP contribution < -0.4 is 0 Å². The number of aliphatic hydroxyl groups is 1. The third-order valence-corrected chi connectivity index (χ3v) is 3.81. The Hall–Kier alpha value is -0.0800. The van der Waals surface area contributed by atoms with Crippen molar-refractivity contribution in [1.29, 1.82) is 0 Å². The van der Waals surface area contributed by atoms with Crippen molar-refractivity contribution in [2.75, 3.05) is 6.61 Å². The van der Waals surface area contributed by atoms with Gasteiger partial charge in [0.15, 0.2) is 0 Å². The lowest BCUT2D eigenvalue weighted by atomic mass is 9.85. The van der Waals surface area contributed by atoms with Crippen molar-refractivity contribution in [3.63, 3.8) is 0 Å². The Morgan fingerprint density at radius 2 is 1.64 bits per heavy atom. The molecule has 2 aliphatic rings. The van der Waals surface area contributed by atoms with Gasteiger partial charge in [-0.1, -0.05) is 32.1 Å². The first-order valence-corrected chi connectivity index (χ1v) is 6.13. The van der Waals surface area contributed by atoms with Gasteiger partial charge in [0.1, 0.15) is 0 Å². The lowest BCUT2D eigenvalue weighted by molar-refractivity contribution is -0.0722. The summed E-state index contributed by atoms with van der Waals surface area (Å²) in [7, 11) is 0. The largest absolute Gasteiger partial charge is 0.394 e. The van der Waals surface area contributed by atoms with E-state index >= 15 is 0 Å². The predicted molar refractivity (Wildman–Crippen MR) is 56.2 cm³/mol. The Balaban J connectivity index is 1.92. The molecule has 0 radical (unpaired) electrons. The Kier molecular flexibility index (Phi) is 3.45. The van der Waals surface area contributed by atoms with Gasteiger partial charge < -0.3 is 9.84 Å². The molecule has 2 fully saturated rings. The first kappa shape index (κ1) is 10.4. The van der Waals surface area contributed by atoms with Crippen LogP contribution in [0.1, 0.15) is 57.8 Å². The first-order chi connectivity index (χ1) is 6.85. The molecule has 1 spiro atoms. The minimum absolute atomic E-state index is 0.134. The molecule has 1 N–H and O–H groups in total. The molecule has 1 saturated heterocycles. The molecule has 0 amide bonds. The van der Waals surface area contributed by atoms with Crippen molar-refractivity contribution in [1.82, 2.24) is 0 Å². The van der Waals surface area contributed by atoms with Crippen LogP contribution in [0.5, 0.6) is 0 Å². The SMILES string of the molecule is OCC1CCC2(CCCCCCC2)O1. The lowest BCUT2D eigenvalue weighted by Crippen LogP contribution is -2.30. The van der Waals surface area contributed by atoms with E-state index < -0.39 is 0 Å². The first-order valence-electron chi connectivity index (χ1n) is 6.13. The van der Waals surface area contributed by atoms with Crippen LogP contribution in [-0.2, 0) is 4.74 Å². The second-order valence-corrected chi connectivity index (χ2v) is 4.91. The van der Waals surface area contributed by atoms with E-state index in [1.165, 1.54) is 51.4 Å². The molecular formula is C12H22O2. The van der Waals surface area contributed by atoms with Crippen LogP contribution in [0.25, 0.3) is 0 Å². The Morgan fingerprint density at radius 1 is 1.00 bits per heavy atom. The molecule has 1 aliphatic carbocycles. The molecule has 1 unspecified atom stereocenters. The second kappa shape index (κ2) is 4.63. The topological polar surface area (TPSA) is 29.5 Å². The smallest absolute Gasteiger partial charge is 0.0814 e. The van der Waals surface area contributed by atoms with Crippen LogP contribution >= 0.6 is 0 Å². The van der Waals surface area contributed by atoms with E-state index in [0.717, 1.165) is 6.42 Å². The highest BCUT2D eigenvalue weighted by molar-refractivity contribution is 4.89. The molecule has 1 heterocycles. The minimum atomic E-state index is 0.134. The fraction of sp³-hybridized carbons (Fsp3) is 1.00. The Bertz CT molecular complexity index is 171. The number of hydrogen-bond acceptors (Lipinski definition) is 2. The molecule has 1 atom stereocenters. The van der Waals surface area contributed by atoms with Crippen LogP contribution in [-0.4, -0.2) is 23.4 Å². The quantitative estimate of drug-likeness (QED) is 0.702. The van der Waals surface area contributed by atoms with Crippen LogP contribution in [0.3, 0.4) is 0 Å². The van der Waals surface area contributed by atoms with Gasteiger partial charge in [0.25, 0.3) is 0 Å². The molecule has 0 aromatic rings. The summed E-state index contributed by atoms with van der Waals surface area (Å²) in [5.41, 5.74) is 0.161. The van der Waals surface area contributed by atoms with Gasteiger partial charge in [-0.3, -0.25) is 0 Å². The van der Waals surface area contributed by atoms with Crippen molar-refractivity contribution < 1.29 is 9.84 Å². The van der Waals surface area contributed by atoms with Gasteiger partial charge in [-0.05, 0) is 25.7 Å². The Morgan fingerprint density at radius 3 is 2.21 bits per heavy atom. The number of ether oxygens (including phenoxy) is 1. The summed E-state index contributed by atoms with van der Waals surface area (Å²) in [5.74, 6) is 0. The van der Waals surface area contributed by atoms with Crippen molar-refractivity contribution in [2.45, 2.75) is 69.5 Å². The van der Waals surface area contributed by atoms with Gasteiger partial charge in [0.05, 0.1) is 18.3 Å². The Labute approximate surface area is 86.6 Å². The summed E-state index contributed by atoms with van der Waals surface area (Å²) in [4.78, 5) is 0. The molecule has 1 saturated carbocycles. The molecule has 0 aromatic heterocycles. The summed E-state index contributed by atoms with van der Waals surface area (Å²) in [5, 5.41) is 9.08. The molecule has 14 heavy (non-hydrogen) atoms. The van der Waals surface area contributed by atoms with Gasteiger partial charge in [-0.15, -0.1) is 0 Å². The summed E-state index contributed by atoms with van der Waals surface area (Å²) >= 11 is 0. The second-order valence-electron chi connectivity index (χ2n) is 4.91. The van der Waals surface area contributed by atoms with E-state index in [1.54, 1.807) is 0 Å². The summed E-state index contributed by atoms with van der Waals surface area (Å²) in [6.45, 7) is 0.210. The van der Waals surface area contributed by atoms with E-state index in [0.29, 0.717) is 0 Å². The lowest BCUT2D eigenvalue weighted by Gasteiger charge is -2.31. The van der Waals surface area contributed by atoms with Gasteiger partial charge in [0, 0.05) is 0 Å². The van der Waals surface area contributed by atoms with Crippen molar-refractivity contribution in [3.05, 3.63) is 0 Å². The van der Waals surface area contributed by atoms with Crippen LogP contribution in [0.15, 0.2) is 0 Å². The molecule has 2 nitrogen and oxygen atoms in total. The number of aliphatic hydroxyl groups excluding tert-OH is 1. The summed E-state index contributed by atoms with van der Waals surface area (Å²) in [6, 6.07) is 0. The molecule has 0 bridgehead atoms. The average molecular weight is 198 g/mol. The molecule has 2 rings (SSSR count). The van der Waals surface area contributed by atoms with Crippen LogP contribution in [0.4, 0.5) is 0 Å². The van der Waals surface area contributed by atoms with Gasteiger partial charge >= 0.3 is 0 Å². The normalized spacial score (nSPS) is 32.8. The van der Waals surface area contributed by atoms with E-state index in [4.69, 9.17) is 9.84 Å².